The van der Waals surface area contributed by atoms with Crippen LogP contribution in [-0.2, 0) is 16.1 Å². The number of ether oxygens (including phenoxy) is 2. The molecular weight excluding hydrogens is 374 g/mol. The maximum absolute atomic E-state index is 9.10. The average Bonchev–Trinajstić information content (AvgIpc) is 2.67. The SMILES string of the molecule is COc1ccc(CNC2C3CC4CC(C3)CC2C4)c(OC)c1C.O=C(O)C(=O)O. The number of aliphatic carboxylic acids is 2. The second-order valence-electron chi connectivity index (χ2n) is 8.53. The largest absolute Gasteiger partial charge is 0.496 e. The Morgan fingerprint density at radius 2 is 1.52 bits per heavy atom. The molecule has 0 aromatic heterocycles. The summed E-state index contributed by atoms with van der Waals surface area (Å²) in [5.74, 6) is 2.13. The predicted molar refractivity (Wildman–Crippen MR) is 107 cm³/mol. The van der Waals surface area contributed by atoms with E-state index in [-0.39, 0.29) is 0 Å². The van der Waals surface area contributed by atoms with Crippen molar-refractivity contribution < 1.29 is 29.3 Å². The van der Waals surface area contributed by atoms with E-state index in [1.807, 2.05) is 0 Å². The number of carboxylic acids is 2. The summed E-state index contributed by atoms with van der Waals surface area (Å²) in [6, 6.07) is 4.93. The second-order valence-corrected chi connectivity index (χ2v) is 8.53. The molecule has 4 fully saturated rings. The van der Waals surface area contributed by atoms with Crippen LogP contribution in [0.25, 0.3) is 0 Å². The molecule has 4 aliphatic carbocycles. The van der Waals surface area contributed by atoms with Crippen LogP contribution in [0.15, 0.2) is 12.1 Å². The molecule has 7 heteroatoms. The van der Waals surface area contributed by atoms with Crippen LogP contribution < -0.4 is 14.8 Å². The highest BCUT2D eigenvalue weighted by molar-refractivity contribution is 6.27. The summed E-state index contributed by atoms with van der Waals surface area (Å²) >= 11 is 0. The summed E-state index contributed by atoms with van der Waals surface area (Å²) in [7, 11) is 3.47. The fraction of sp³-hybridized carbons (Fsp3) is 0.636. The fourth-order valence-electron chi connectivity index (χ4n) is 5.86. The summed E-state index contributed by atoms with van der Waals surface area (Å²) < 4.78 is 11.1. The van der Waals surface area contributed by atoms with E-state index in [1.54, 1.807) is 14.2 Å². The number of methoxy groups -OCH3 is 2. The first-order valence-electron chi connectivity index (χ1n) is 10.2. The molecule has 4 aliphatic rings. The maximum atomic E-state index is 9.10. The Kier molecular flexibility index (Phi) is 6.67. The normalized spacial score (nSPS) is 29.0. The van der Waals surface area contributed by atoms with Crippen LogP contribution in [0.1, 0.15) is 43.2 Å². The quantitative estimate of drug-likeness (QED) is 0.647. The third-order valence-electron chi connectivity index (χ3n) is 6.80. The number of carboxylic acid groups (broad SMARTS) is 2. The predicted octanol–water partition coefficient (Wildman–Crippen LogP) is 3.08. The summed E-state index contributed by atoms with van der Waals surface area (Å²) in [5, 5.41) is 18.7. The van der Waals surface area contributed by atoms with Gasteiger partial charge in [0.1, 0.15) is 11.5 Å². The van der Waals surface area contributed by atoms with E-state index in [1.165, 1.54) is 37.7 Å². The summed E-state index contributed by atoms with van der Waals surface area (Å²) in [5.41, 5.74) is 2.35. The molecule has 1 aromatic rings. The number of rotatable bonds is 5. The molecule has 7 nitrogen and oxygen atoms in total. The molecule has 1 aromatic carbocycles. The molecule has 0 spiro atoms. The Hall–Kier alpha value is -2.28. The molecule has 0 aliphatic heterocycles. The Bertz CT molecular complexity index is 722. The first-order chi connectivity index (χ1) is 13.8. The fourth-order valence-corrected chi connectivity index (χ4v) is 5.86. The van der Waals surface area contributed by atoms with Gasteiger partial charge >= 0.3 is 11.9 Å². The molecule has 29 heavy (non-hydrogen) atoms. The van der Waals surface area contributed by atoms with Crippen LogP contribution >= 0.6 is 0 Å². The van der Waals surface area contributed by atoms with E-state index in [4.69, 9.17) is 29.3 Å². The number of hydrogen-bond donors (Lipinski definition) is 3. The highest BCUT2D eigenvalue weighted by atomic mass is 16.5. The van der Waals surface area contributed by atoms with Crippen LogP contribution in [-0.4, -0.2) is 42.4 Å². The first-order valence-corrected chi connectivity index (χ1v) is 10.2. The molecule has 3 N–H and O–H groups in total. The Labute approximate surface area is 171 Å². The van der Waals surface area contributed by atoms with Crippen molar-refractivity contribution >= 4 is 11.9 Å². The minimum absolute atomic E-state index is 0.718. The van der Waals surface area contributed by atoms with Crippen molar-refractivity contribution in [2.45, 2.75) is 51.6 Å². The lowest BCUT2D eigenvalue weighted by Gasteiger charge is -2.54. The first kappa shape index (κ1) is 21.4. The second kappa shape index (κ2) is 9.03. The zero-order valence-corrected chi connectivity index (χ0v) is 17.3. The highest BCUT2D eigenvalue weighted by Gasteiger charge is 2.47. The van der Waals surface area contributed by atoms with Gasteiger partial charge in [0.15, 0.2) is 0 Å². The Morgan fingerprint density at radius 1 is 0.966 bits per heavy atom. The van der Waals surface area contributed by atoms with Gasteiger partial charge in [-0.1, -0.05) is 6.07 Å². The molecule has 4 saturated carbocycles. The van der Waals surface area contributed by atoms with Crippen molar-refractivity contribution in [3.05, 3.63) is 23.3 Å². The van der Waals surface area contributed by atoms with Crippen molar-refractivity contribution in [1.82, 2.24) is 5.32 Å². The molecule has 160 valence electrons. The lowest BCUT2D eigenvalue weighted by atomic mass is 9.54. The van der Waals surface area contributed by atoms with Crippen molar-refractivity contribution in [2.75, 3.05) is 14.2 Å². The zero-order chi connectivity index (χ0) is 21.1. The van der Waals surface area contributed by atoms with Gasteiger partial charge in [-0.05, 0) is 68.8 Å². The van der Waals surface area contributed by atoms with Crippen LogP contribution in [0.2, 0.25) is 0 Å². The number of hydrogen-bond acceptors (Lipinski definition) is 5. The van der Waals surface area contributed by atoms with Crippen molar-refractivity contribution in [3.8, 4) is 11.5 Å². The third kappa shape index (κ3) is 4.66. The number of carbonyl (C=O) groups is 2. The van der Waals surface area contributed by atoms with Crippen molar-refractivity contribution in [1.29, 1.82) is 0 Å². The molecule has 0 saturated heterocycles. The smallest absolute Gasteiger partial charge is 0.414 e. The van der Waals surface area contributed by atoms with E-state index in [0.717, 1.165) is 53.3 Å². The Balaban J connectivity index is 0.000000353. The molecule has 0 atom stereocenters. The monoisotopic (exact) mass is 405 g/mol. The third-order valence-corrected chi connectivity index (χ3v) is 6.80. The average molecular weight is 405 g/mol. The van der Waals surface area contributed by atoms with Gasteiger partial charge in [-0.2, -0.15) is 0 Å². The van der Waals surface area contributed by atoms with Crippen molar-refractivity contribution in [3.63, 3.8) is 0 Å². The van der Waals surface area contributed by atoms with Gasteiger partial charge in [0.2, 0.25) is 0 Å². The molecule has 0 amide bonds. The standard InChI is InChI=1S/C20H29NO2.C2H2O4/c1-12-18(22-2)5-4-15(20(12)23-3)11-21-19-16-7-13-6-14(9-16)10-17(19)8-13;3-1(4)2(5)6/h4-5,13-14,16-17,19,21H,6-11H2,1-3H3;(H,3,4)(H,5,6). The lowest BCUT2D eigenvalue weighted by Crippen LogP contribution is -2.54. The highest BCUT2D eigenvalue weighted by Crippen LogP contribution is 2.53. The van der Waals surface area contributed by atoms with E-state index in [2.05, 4.69) is 24.4 Å². The van der Waals surface area contributed by atoms with Gasteiger partial charge in [-0.3, -0.25) is 0 Å². The minimum Gasteiger partial charge on any atom is -0.496 e. The van der Waals surface area contributed by atoms with Crippen LogP contribution in [0, 0.1) is 30.6 Å². The minimum atomic E-state index is -1.82. The molecular formula is C22H31NO6. The molecule has 5 rings (SSSR count). The van der Waals surface area contributed by atoms with E-state index in [0.29, 0.717) is 0 Å². The summed E-state index contributed by atoms with van der Waals surface area (Å²) in [6.07, 6.45) is 7.37. The molecule has 4 bridgehead atoms. The van der Waals surface area contributed by atoms with Gasteiger partial charge in [-0.25, -0.2) is 9.59 Å². The maximum Gasteiger partial charge on any atom is 0.414 e. The number of nitrogens with one attached hydrogen (secondary N) is 1. The van der Waals surface area contributed by atoms with E-state index < -0.39 is 11.9 Å². The molecule has 0 radical (unpaired) electrons. The van der Waals surface area contributed by atoms with E-state index in [9.17, 15) is 0 Å². The van der Waals surface area contributed by atoms with Gasteiger partial charge in [-0.15, -0.1) is 0 Å². The van der Waals surface area contributed by atoms with Gasteiger partial charge in [0, 0.05) is 23.7 Å². The molecule has 0 heterocycles. The summed E-state index contributed by atoms with van der Waals surface area (Å²) in [6.45, 7) is 2.98. The van der Waals surface area contributed by atoms with E-state index >= 15 is 0 Å². The topological polar surface area (TPSA) is 105 Å². The van der Waals surface area contributed by atoms with Crippen LogP contribution in [0.4, 0.5) is 0 Å². The van der Waals surface area contributed by atoms with Gasteiger partial charge in [0.05, 0.1) is 14.2 Å². The van der Waals surface area contributed by atoms with Crippen LogP contribution in [0.5, 0.6) is 11.5 Å². The van der Waals surface area contributed by atoms with Gasteiger partial charge < -0.3 is 25.0 Å². The van der Waals surface area contributed by atoms with Gasteiger partial charge in [0.25, 0.3) is 0 Å². The Morgan fingerprint density at radius 3 is 1.97 bits per heavy atom. The molecule has 0 unspecified atom stereocenters. The summed E-state index contributed by atoms with van der Waals surface area (Å²) in [4.78, 5) is 18.2. The van der Waals surface area contributed by atoms with Crippen molar-refractivity contribution in [2.24, 2.45) is 23.7 Å². The lowest BCUT2D eigenvalue weighted by molar-refractivity contribution is -0.159. The zero-order valence-electron chi connectivity index (χ0n) is 17.3. The van der Waals surface area contributed by atoms with Crippen LogP contribution in [0.3, 0.4) is 0 Å². The number of benzene rings is 1.